The van der Waals surface area contributed by atoms with Crippen LogP contribution in [0.3, 0.4) is 0 Å². The fourth-order valence-electron chi connectivity index (χ4n) is 8.48. The zero-order valence-corrected chi connectivity index (χ0v) is 28.3. The number of hydrogen-bond acceptors (Lipinski definition) is 4. The number of hydrogen-bond donors (Lipinski definition) is 0. The molecule has 8 aromatic carbocycles. The van der Waals surface area contributed by atoms with E-state index in [0.29, 0.717) is 0 Å². The van der Waals surface area contributed by atoms with E-state index in [1.54, 1.807) is 0 Å². The Bertz CT molecular complexity index is 3160. The van der Waals surface area contributed by atoms with Crippen LogP contribution in [-0.2, 0) is 0 Å². The Labute approximate surface area is 303 Å². The molecule has 0 saturated heterocycles. The second kappa shape index (κ2) is 10.6. The van der Waals surface area contributed by atoms with Crippen molar-refractivity contribution in [3.63, 3.8) is 0 Å². The van der Waals surface area contributed by atoms with E-state index in [1.165, 1.54) is 16.3 Å². The highest BCUT2D eigenvalue weighted by molar-refractivity contribution is 6.14. The standard InChI is InChI=1S/C48H28N2O3/c1-4-18-38-32(11-1)35-15-10-24-44-45(35)50(38)41-21-7-14-31(46(41)53-44)29-25-27-30(28-26-29)49(39-19-8-16-36-33-12-2-5-22-42(33)51-47(36)39)40-20-9-17-37-34-13-3-6-23-43(34)52-48(37)40/h1-28H. The number of aromatic nitrogens is 1. The molecule has 0 fully saturated rings. The topological polar surface area (TPSA) is 43.7 Å². The van der Waals surface area contributed by atoms with Gasteiger partial charge in [-0.25, -0.2) is 0 Å². The number of furan rings is 2. The minimum absolute atomic E-state index is 0.820. The van der Waals surface area contributed by atoms with E-state index in [2.05, 4.69) is 155 Å². The minimum atomic E-state index is 0.820. The molecule has 0 saturated carbocycles. The minimum Gasteiger partial charge on any atom is -0.454 e. The fourth-order valence-corrected chi connectivity index (χ4v) is 8.48. The van der Waals surface area contributed by atoms with Crippen LogP contribution >= 0.6 is 0 Å². The van der Waals surface area contributed by atoms with Crippen LogP contribution in [0.4, 0.5) is 17.1 Å². The molecule has 5 nitrogen and oxygen atoms in total. The lowest BCUT2D eigenvalue weighted by molar-refractivity contribution is 0.478. The van der Waals surface area contributed by atoms with Crippen molar-refractivity contribution in [2.45, 2.75) is 0 Å². The molecule has 11 aromatic rings. The predicted octanol–water partition coefficient (Wildman–Crippen LogP) is 13.8. The summed E-state index contributed by atoms with van der Waals surface area (Å²) in [5.74, 6) is 1.71. The first-order valence-corrected chi connectivity index (χ1v) is 17.8. The average molecular weight is 681 g/mol. The summed E-state index contributed by atoms with van der Waals surface area (Å²) in [6.45, 7) is 0. The van der Waals surface area contributed by atoms with Crippen molar-refractivity contribution in [3.8, 4) is 28.3 Å². The van der Waals surface area contributed by atoms with Gasteiger partial charge in [0.05, 0.1) is 28.1 Å². The van der Waals surface area contributed by atoms with E-state index in [1.807, 2.05) is 24.3 Å². The van der Waals surface area contributed by atoms with Gasteiger partial charge in [0.15, 0.2) is 22.7 Å². The van der Waals surface area contributed by atoms with Gasteiger partial charge in [-0.2, -0.15) is 0 Å². The lowest BCUT2D eigenvalue weighted by atomic mass is 10.0. The lowest BCUT2D eigenvalue weighted by Crippen LogP contribution is -2.10. The Morgan fingerprint density at radius 2 is 1.00 bits per heavy atom. The van der Waals surface area contributed by atoms with Gasteiger partial charge in [0, 0.05) is 43.6 Å². The highest BCUT2D eigenvalue weighted by Gasteiger charge is 2.27. The molecule has 0 bridgehead atoms. The third kappa shape index (κ3) is 3.96. The molecule has 0 radical (unpaired) electrons. The number of para-hydroxylation sites is 7. The predicted molar refractivity (Wildman–Crippen MR) is 216 cm³/mol. The van der Waals surface area contributed by atoms with Gasteiger partial charge < -0.3 is 23.0 Å². The molecule has 0 spiro atoms. The summed E-state index contributed by atoms with van der Waals surface area (Å²) in [7, 11) is 0. The van der Waals surface area contributed by atoms with Gasteiger partial charge in [0.2, 0.25) is 0 Å². The maximum Gasteiger partial charge on any atom is 0.159 e. The summed E-state index contributed by atoms with van der Waals surface area (Å²) >= 11 is 0. The quantitative estimate of drug-likeness (QED) is 0.186. The van der Waals surface area contributed by atoms with E-state index in [4.69, 9.17) is 13.6 Å². The molecule has 5 heteroatoms. The van der Waals surface area contributed by atoms with Crippen molar-refractivity contribution in [1.29, 1.82) is 0 Å². The second-order valence-electron chi connectivity index (χ2n) is 13.6. The van der Waals surface area contributed by atoms with Gasteiger partial charge in [0.1, 0.15) is 11.2 Å². The molecule has 0 aliphatic carbocycles. The molecular weight excluding hydrogens is 653 g/mol. The first-order valence-electron chi connectivity index (χ1n) is 17.8. The largest absolute Gasteiger partial charge is 0.454 e. The lowest BCUT2D eigenvalue weighted by Gasteiger charge is -2.26. The molecule has 1 aliphatic rings. The number of nitrogens with zero attached hydrogens (tertiary/aromatic N) is 2. The van der Waals surface area contributed by atoms with E-state index in [-0.39, 0.29) is 0 Å². The Balaban J connectivity index is 1.06. The smallest absolute Gasteiger partial charge is 0.159 e. The Hall–Kier alpha value is -7.24. The van der Waals surface area contributed by atoms with Gasteiger partial charge >= 0.3 is 0 Å². The number of ether oxygens (including phenoxy) is 1. The molecule has 1 aliphatic heterocycles. The van der Waals surface area contributed by atoms with Crippen LogP contribution in [0.5, 0.6) is 11.5 Å². The van der Waals surface area contributed by atoms with Gasteiger partial charge in [-0.3, -0.25) is 0 Å². The number of fused-ring (bicyclic) bond motifs is 11. The molecule has 12 rings (SSSR count). The number of anilines is 3. The van der Waals surface area contributed by atoms with Crippen molar-refractivity contribution in [1.82, 2.24) is 4.57 Å². The van der Waals surface area contributed by atoms with Gasteiger partial charge in [-0.1, -0.05) is 115 Å². The molecule has 3 aromatic heterocycles. The summed E-state index contributed by atoms with van der Waals surface area (Å²) in [6, 6.07) is 59.2. The molecule has 0 atom stereocenters. The fraction of sp³-hybridized carbons (Fsp3) is 0. The molecule has 0 N–H and O–H groups in total. The summed E-state index contributed by atoms with van der Waals surface area (Å²) < 4.78 is 22.4. The summed E-state index contributed by atoms with van der Waals surface area (Å²) in [4.78, 5) is 2.26. The first kappa shape index (κ1) is 28.5. The van der Waals surface area contributed by atoms with E-state index in [0.717, 1.165) is 94.8 Å². The highest BCUT2D eigenvalue weighted by Crippen LogP contribution is 2.50. The van der Waals surface area contributed by atoms with Crippen molar-refractivity contribution in [2.24, 2.45) is 0 Å². The maximum atomic E-state index is 6.78. The normalized spacial score (nSPS) is 12.3. The van der Waals surface area contributed by atoms with E-state index >= 15 is 0 Å². The van der Waals surface area contributed by atoms with Gasteiger partial charge in [-0.05, 0) is 60.2 Å². The Kier molecular flexibility index (Phi) is 5.71. The van der Waals surface area contributed by atoms with E-state index in [9.17, 15) is 0 Å². The van der Waals surface area contributed by atoms with Crippen molar-refractivity contribution in [3.05, 3.63) is 170 Å². The summed E-state index contributed by atoms with van der Waals surface area (Å²) in [6.07, 6.45) is 0. The molecule has 0 unspecified atom stereocenters. The van der Waals surface area contributed by atoms with Crippen molar-refractivity contribution in [2.75, 3.05) is 4.90 Å². The van der Waals surface area contributed by atoms with Gasteiger partial charge in [-0.15, -0.1) is 0 Å². The van der Waals surface area contributed by atoms with Crippen LogP contribution < -0.4 is 9.64 Å². The van der Waals surface area contributed by atoms with E-state index < -0.39 is 0 Å². The maximum absolute atomic E-state index is 6.78. The molecule has 248 valence electrons. The molecule has 4 heterocycles. The van der Waals surface area contributed by atoms with Crippen LogP contribution in [0.1, 0.15) is 0 Å². The summed E-state index contributed by atoms with van der Waals surface area (Å²) in [5, 5.41) is 6.72. The van der Waals surface area contributed by atoms with Crippen LogP contribution in [0.25, 0.3) is 82.5 Å². The average Bonchev–Trinajstić information content (AvgIpc) is 3.90. The SMILES string of the molecule is c1cc(-c2ccc(N(c3cccc4c3oc3ccccc34)c3cccc4c3oc3ccccc34)cc2)c2c(c1)-n1c3ccccc3c3cccc(c31)O2. The molecule has 0 amide bonds. The van der Waals surface area contributed by atoms with Crippen molar-refractivity contribution >= 4 is 82.7 Å². The van der Waals surface area contributed by atoms with Crippen LogP contribution in [0, 0.1) is 0 Å². The Morgan fingerprint density at radius 1 is 0.434 bits per heavy atom. The third-order valence-corrected chi connectivity index (χ3v) is 10.8. The zero-order valence-electron chi connectivity index (χ0n) is 28.3. The molecule has 53 heavy (non-hydrogen) atoms. The number of benzene rings is 8. The van der Waals surface area contributed by atoms with Gasteiger partial charge in [0.25, 0.3) is 0 Å². The monoisotopic (exact) mass is 680 g/mol. The van der Waals surface area contributed by atoms with Crippen molar-refractivity contribution < 1.29 is 13.6 Å². The van der Waals surface area contributed by atoms with Crippen LogP contribution in [-0.4, -0.2) is 4.57 Å². The summed E-state index contributed by atoms with van der Waals surface area (Å²) in [5.41, 5.74) is 11.6. The second-order valence-corrected chi connectivity index (χ2v) is 13.6. The third-order valence-electron chi connectivity index (χ3n) is 10.8. The first-order chi connectivity index (χ1) is 26.3. The van der Waals surface area contributed by atoms with Crippen LogP contribution in [0.15, 0.2) is 179 Å². The van der Waals surface area contributed by atoms with Crippen LogP contribution in [0.2, 0.25) is 0 Å². The molecular formula is C48H28N2O3. The number of rotatable bonds is 4. The zero-order chi connectivity index (χ0) is 34.6. The highest BCUT2D eigenvalue weighted by atomic mass is 16.5. The Morgan fingerprint density at radius 3 is 1.70 bits per heavy atom.